The summed E-state index contributed by atoms with van der Waals surface area (Å²) in [6.45, 7) is 8.18. The highest BCUT2D eigenvalue weighted by Crippen LogP contribution is 2.48. The molecule has 3 heteroatoms. The Morgan fingerprint density at radius 2 is 1.87 bits per heavy atom. The minimum atomic E-state index is -0.0527. The summed E-state index contributed by atoms with van der Waals surface area (Å²) in [5.74, 6) is 1.09. The highest BCUT2D eigenvalue weighted by atomic mass is 31.1. The predicted molar refractivity (Wildman–Crippen MR) is 99.8 cm³/mol. The van der Waals surface area contributed by atoms with Gasteiger partial charge in [0.25, 0.3) is 0 Å². The van der Waals surface area contributed by atoms with Crippen molar-refractivity contribution < 1.29 is 9.53 Å². The van der Waals surface area contributed by atoms with Crippen molar-refractivity contribution in [2.75, 3.05) is 7.11 Å². The van der Waals surface area contributed by atoms with Gasteiger partial charge in [-0.05, 0) is 31.1 Å². The maximum atomic E-state index is 11.9. The first kappa shape index (κ1) is 17.7. The van der Waals surface area contributed by atoms with Crippen molar-refractivity contribution in [1.82, 2.24) is 0 Å². The molecule has 0 aliphatic carbocycles. The molecule has 122 valence electrons. The van der Waals surface area contributed by atoms with Crippen LogP contribution in [0.25, 0.3) is 0 Å². The molecule has 0 spiro atoms. The number of aryl methyl sites for hydroxylation is 1. The molecule has 2 unspecified atom stereocenters. The molecule has 0 N–H and O–H groups in total. The summed E-state index contributed by atoms with van der Waals surface area (Å²) >= 11 is 0. The lowest BCUT2D eigenvalue weighted by Crippen LogP contribution is -2.22. The molecule has 0 bridgehead atoms. The molecule has 0 amide bonds. The summed E-state index contributed by atoms with van der Waals surface area (Å²) in [4.78, 5) is 11.9. The predicted octanol–water partition coefficient (Wildman–Crippen LogP) is 4.84. The Labute approximate surface area is 141 Å². The third kappa shape index (κ3) is 3.64. The highest BCUT2D eigenvalue weighted by Gasteiger charge is 2.30. The molecule has 0 radical (unpaired) electrons. The number of rotatable bonds is 6. The van der Waals surface area contributed by atoms with Crippen LogP contribution in [0.15, 0.2) is 42.5 Å². The fourth-order valence-electron chi connectivity index (χ4n) is 2.90. The van der Waals surface area contributed by atoms with Crippen LogP contribution in [0.1, 0.15) is 48.7 Å². The van der Waals surface area contributed by atoms with Crippen LogP contribution < -0.4 is 10.0 Å². The van der Waals surface area contributed by atoms with Gasteiger partial charge in [0.1, 0.15) is 5.75 Å². The second kappa shape index (κ2) is 7.27. The van der Waals surface area contributed by atoms with E-state index in [0.717, 1.165) is 28.6 Å². The lowest BCUT2D eigenvalue weighted by molar-refractivity contribution is 0.101. The summed E-state index contributed by atoms with van der Waals surface area (Å²) < 4.78 is 5.68. The van der Waals surface area contributed by atoms with Gasteiger partial charge in [0, 0.05) is 16.3 Å². The van der Waals surface area contributed by atoms with Crippen molar-refractivity contribution >= 4 is 19.7 Å². The Balaban J connectivity index is 2.51. The van der Waals surface area contributed by atoms with Crippen molar-refractivity contribution in [1.29, 1.82) is 0 Å². The van der Waals surface area contributed by atoms with Gasteiger partial charge in [-0.1, -0.05) is 64.9 Å². The Morgan fingerprint density at radius 3 is 2.48 bits per heavy atom. The second-order valence-electron chi connectivity index (χ2n) is 6.07. The molecular weight excluding hydrogens is 303 g/mol. The summed E-state index contributed by atoms with van der Waals surface area (Å²) in [6, 6.07) is 14.3. The molecule has 0 saturated carbocycles. The van der Waals surface area contributed by atoms with E-state index in [1.165, 1.54) is 5.56 Å². The van der Waals surface area contributed by atoms with Gasteiger partial charge < -0.3 is 4.74 Å². The molecule has 0 aliphatic rings. The minimum Gasteiger partial charge on any atom is -0.496 e. The van der Waals surface area contributed by atoms with E-state index in [9.17, 15) is 4.79 Å². The zero-order valence-corrected chi connectivity index (χ0v) is 15.6. The van der Waals surface area contributed by atoms with Crippen LogP contribution in [0.4, 0.5) is 0 Å². The number of carbonyl (C=O) groups excluding carboxylic acids is 1. The number of carbonyl (C=O) groups is 1. The number of ketones is 1. The van der Waals surface area contributed by atoms with Gasteiger partial charge >= 0.3 is 0 Å². The molecule has 2 aromatic carbocycles. The third-order valence-corrected chi connectivity index (χ3v) is 6.31. The van der Waals surface area contributed by atoms with E-state index < -0.39 is 0 Å². The van der Waals surface area contributed by atoms with Crippen LogP contribution in [-0.4, -0.2) is 12.9 Å². The smallest absolute Gasteiger partial charge is 0.160 e. The van der Waals surface area contributed by atoms with E-state index in [1.54, 1.807) is 14.0 Å². The van der Waals surface area contributed by atoms with Gasteiger partial charge in [-0.15, -0.1) is 0 Å². The van der Waals surface area contributed by atoms with Gasteiger partial charge in [-0.2, -0.15) is 0 Å². The molecule has 0 aromatic heterocycles. The number of para-hydroxylation sites is 1. The second-order valence-corrected chi connectivity index (χ2v) is 7.96. The van der Waals surface area contributed by atoms with Crippen LogP contribution in [-0.2, 0) is 5.16 Å². The molecule has 0 fully saturated rings. The molecule has 0 saturated heterocycles. The van der Waals surface area contributed by atoms with Crippen LogP contribution in [0.2, 0.25) is 0 Å². The first-order valence-corrected chi connectivity index (χ1v) is 8.95. The maximum Gasteiger partial charge on any atom is 0.160 e. The summed E-state index contributed by atoms with van der Waals surface area (Å²) in [5.41, 5.74) is 3.20. The fourth-order valence-corrected chi connectivity index (χ4v) is 4.58. The van der Waals surface area contributed by atoms with Crippen molar-refractivity contribution in [3.8, 4) is 5.75 Å². The lowest BCUT2D eigenvalue weighted by Gasteiger charge is -2.32. The Morgan fingerprint density at radius 1 is 1.17 bits per heavy atom. The van der Waals surface area contributed by atoms with E-state index in [1.807, 2.05) is 18.2 Å². The Bertz CT molecular complexity index is 709. The molecule has 2 aromatic rings. The number of ether oxygens (including phenoxy) is 1. The van der Waals surface area contributed by atoms with Gasteiger partial charge in [0.15, 0.2) is 5.78 Å². The minimum absolute atomic E-state index is 0.0527. The molecule has 2 nitrogen and oxygen atoms in total. The summed E-state index contributed by atoms with van der Waals surface area (Å²) in [5, 5.41) is 1.08. The first-order chi connectivity index (χ1) is 10.9. The zero-order chi connectivity index (χ0) is 17.0. The topological polar surface area (TPSA) is 26.3 Å². The van der Waals surface area contributed by atoms with E-state index in [-0.39, 0.29) is 10.9 Å². The van der Waals surface area contributed by atoms with Crippen molar-refractivity contribution in [2.24, 2.45) is 0 Å². The van der Waals surface area contributed by atoms with Crippen LogP contribution in [0, 0.1) is 6.92 Å². The molecular formula is C20H25O2P. The molecule has 2 rings (SSSR count). The quantitative estimate of drug-likeness (QED) is 0.560. The van der Waals surface area contributed by atoms with Crippen LogP contribution in [0.5, 0.6) is 5.75 Å². The van der Waals surface area contributed by atoms with Gasteiger partial charge in [0.2, 0.25) is 0 Å². The van der Waals surface area contributed by atoms with Gasteiger partial charge in [0.05, 0.1) is 7.11 Å². The molecule has 23 heavy (non-hydrogen) atoms. The molecule has 0 heterocycles. The Kier molecular flexibility index (Phi) is 5.59. The largest absolute Gasteiger partial charge is 0.496 e. The highest BCUT2D eigenvalue weighted by molar-refractivity contribution is 7.48. The molecule has 0 aliphatic heterocycles. The first-order valence-electron chi connectivity index (χ1n) is 7.95. The molecule has 2 atom stereocenters. The van der Waals surface area contributed by atoms with Gasteiger partial charge in [-0.25, -0.2) is 0 Å². The normalized spacial score (nSPS) is 14.0. The number of Topliss-reactive ketones (excluding diaryl/α,β-unsaturated/α-hetero) is 1. The van der Waals surface area contributed by atoms with Crippen LogP contribution >= 0.6 is 8.58 Å². The van der Waals surface area contributed by atoms with Gasteiger partial charge in [-0.3, -0.25) is 4.79 Å². The van der Waals surface area contributed by atoms with E-state index in [0.29, 0.717) is 8.58 Å². The Hall–Kier alpha value is -1.66. The van der Waals surface area contributed by atoms with Crippen LogP contribution in [0.3, 0.4) is 0 Å². The SMILES string of the molecule is CCC(C)(Pc1ccccc1C(C)=O)c1cccc(C)c1OC. The maximum absolute atomic E-state index is 11.9. The van der Waals surface area contributed by atoms with Crippen molar-refractivity contribution in [3.63, 3.8) is 0 Å². The average molecular weight is 328 g/mol. The fraction of sp³-hybridized carbons (Fsp3) is 0.350. The summed E-state index contributed by atoms with van der Waals surface area (Å²) in [6.07, 6.45) is 0.984. The van der Waals surface area contributed by atoms with E-state index in [4.69, 9.17) is 4.74 Å². The summed E-state index contributed by atoms with van der Waals surface area (Å²) in [7, 11) is 2.24. The number of hydrogen-bond donors (Lipinski definition) is 0. The van der Waals surface area contributed by atoms with E-state index >= 15 is 0 Å². The third-order valence-electron chi connectivity index (χ3n) is 4.43. The lowest BCUT2D eigenvalue weighted by atomic mass is 9.94. The number of benzene rings is 2. The van der Waals surface area contributed by atoms with Crippen molar-refractivity contribution in [2.45, 2.75) is 39.3 Å². The standard InChI is InChI=1S/C20H25O2P/c1-6-20(4,17-12-9-10-14(2)19(17)22-5)23-18-13-8-7-11-16(18)15(3)21/h7-13,23H,6H2,1-5H3. The van der Waals surface area contributed by atoms with Crippen molar-refractivity contribution in [3.05, 3.63) is 59.2 Å². The monoisotopic (exact) mass is 328 g/mol. The number of methoxy groups -OCH3 is 1. The average Bonchev–Trinajstić information content (AvgIpc) is 2.54. The zero-order valence-electron chi connectivity index (χ0n) is 14.6. The van der Waals surface area contributed by atoms with E-state index in [2.05, 4.69) is 45.0 Å². The number of hydrogen-bond acceptors (Lipinski definition) is 2.